The van der Waals surface area contributed by atoms with Gasteiger partial charge in [-0.3, -0.25) is 4.79 Å². The highest BCUT2D eigenvalue weighted by molar-refractivity contribution is 6.05. The van der Waals surface area contributed by atoms with E-state index in [1.54, 1.807) is 24.3 Å². The van der Waals surface area contributed by atoms with E-state index in [0.29, 0.717) is 29.2 Å². The SMILES string of the molecule is CNc1ccc(NCc2ccc(C(=O)Nc3ccccc3N)cc2)cc1N. The van der Waals surface area contributed by atoms with Gasteiger partial charge in [0.25, 0.3) is 5.91 Å². The lowest BCUT2D eigenvalue weighted by Gasteiger charge is -2.11. The molecule has 0 spiro atoms. The summed E-state index contributed by atoms with van der Waals surface area (Å²) in [7, 11) is 1.84. The van der Waals surface area contributed by atoms with Gasteiger partial charge in [-0.2, -0.15) is 0 Å². The lowest BCUT2D eigenvalue weighted by molar-refractivity contribution is 0.102. The quantitative estimate of drug-likeness (QED) is 0.430. The van der Waals surface area contributed by atoms with Crippen molar-refractivity contribution in [2.75, 3.05) is 34.5 Å². The van der Waals surface area contributed by atoms with Gasteiger partial charge in [0.2, 0.25) is 0 Å². The topological polar surface area (TPSA) is 105 Å². The molecule has 138 valence electrons. The van der Waals surface area contributed by atoms with Crippen LogP contribution in [0, 0.1) is 0 Å². The fraction of sp³-hybridized carbons (Fsp3) is 0.0952. The third-order valence-electron chi connectivity index (χ3n) is 4.24. The number of rotatable bonds is 6. The van der Waals surface area contributed by atoms with Crippen molar-refractivity contribution >= 4 is 34.3 Å². The average Bonchev–Trinajstić information content (AvgIpc) is 2.68. The van der Waals surface area contributed by atoms with Gasteiger partial charge in [-0.1, -0.05) is 24.3 Å². The number of nitrogens with two attached hydrogens (primary N) is 2. The predicted molar refractivity (Wildman–Crippen MR) is 113 cm³/mol. The maximum atomic E-state index is 12.4. The van der Waals surface area contributed by atoms with Crippen LogP contribution in [0.15, 0.2) is 66.7 Å². The van der Waals surface area contributed by atoms with E-state index >= 15 is 0 Å². The molecule has 0 fully saturated rings. The monoisotopic (exact) mass is 361 g/mol. The summed E-state index contributed by atoms with van der Waals surface area (Å²) in [6, 6.07) is 20.4. The van der Waals surface area contributed by atoms with Gasteiger partial charge < -0.3 is 27.4 Å². The van der Waals surface area contributed by atoms with E-state index in [2.05, 4.69) is 16.0 Å². The fourth-order valence-corrected chi connectivity index (χ4v) is 2.68. The number of nitrogen functional groups attached to an aromatic ring is 2. The molecule has 0 aliphatic carbocycles. The Bertz CT molecular complexity index is 938. The summed E-state index contributed by atoms with van der Waals surface area (Å²) in [5, 5.41) is 9.18. The van der Waals surface area contributed by atoms with Crippen LogP contribution in [0.2, 0.25) is 0 Å². The first-order chi connectivity index (χ1) is 13.1. The fourth-order valence-electron chi connectivity index (χ4n) is 2.68. The number of para-hydroxylation sites is 2. The van der Waals surface area contributed by atoms with Crippen molar-refractivity contribution in [1.82, 2.24) is 0 Å². The van der Waals surface area contributed by atoms with Crippen LogP contribution in [-0.4, -0.2) is 13.0 Å². The average molecular weight is 361 g/mol. The minimum absolute atomic E-state index is 0.192. The Kier molecular flexibility index (Phi) is 5.47. The zero-order valence-electron chi connectivity index (χ0n) is 15.1. The molecule has 27 heavy (non-hydrogen) atoms. The molecule has 3 rings (SSSR count). The number of anilines is 5. The molecular formula is C21H23N5O. The summed E-state index contributed by atoms with van der Waals surface area (Å²) in [5.74, 6) is -0.192. The van der Waals surface area contributed by atoms with E-state index in [0.717, 1.165) is 16.9 Å². The van der Waals surface area contributed by atoms with Crippen molar-refractivity contribution < 1.29 is 4.79 Å². The molecule has 0 saturated carbocycles. The lowest BCUT2D eigenvalue weighted by atomic mass is 10.1. The van der Waals surface area contributed by atoms with Crippen LogP contribution < -0.4 is 27.4 Å². The van der Waals surface area contributed by atoms with E-state index in [-0.39, 0.29) is 5.91 Å². The Labute approximate surface area is 158 Å². The third-order valence-corrected chi connectivity index (χ3v) is 4.24. The van der Waals surface area contributed by atoms with Crippen LogP contribution >= 0.6 is 0 Å². The molecule has 0 aliphatic heterocycles. The molecule has 0 radical (unpaired) electrons. The zero-order valence-corrected chi connectivity index (χ0v) is 15.1. The van der Waals surface area contributed by atoms with Crippen LogP contribution in [0.5, 0.6) is 0 Å². The summed E-state index contributed by atoms with van der Waals surface area (Å²) >= 11 is 0. The van der Waals surface area contributed by atoms with E-state index in [9.17, 15) is 4.79 Å². The normalized spacial score (nSPS) is 10.3. The Hall–Kier alpha value is -3.67. The lowest BCUT2D eigenvalue weighted by Crippen LogP contribution is -2.13. The van der Waals surface area contributed by atoms with Gasteiger partial charge >= 0.3 is 0 Å². The maximum absolute atomic E-state index is 12.4. The van der Waals surface area contributed by atoms with Crippen molar-refractivity contribution in [3.05, 3.63) is 77.9 Å². The first-order valence-electron chi connectivity index (χ1n) is 8.63. The third kappa shape index (κ3) is 4.49. The highest BCUT2D eigenvalue weighted by atomic mass is 16.1. The predicted octanol–water partition coefficient (Wildman–Crippen LogP) is 3.76. The summed E-state index contributed by atoms with van der Waals surface area (Å²) in [6.45, 7) is 0.631. The molecule has 0 heterocycles. The van der Waals surface area contributed by atoms with E-state index in [1.165, 1.54) is 0 Å². The molecule has 6 nitrogen and oxygen atoms in total. The minimum Gasteiger partial charge on any atom is -0.397 e. The summed E-state index contributed by atoms with van der Waals surface area (Å²) in [5.41, 5.74) is 17.1. The second kappa shape index (κ2) is 8.14. The van der Waals surface area contributed by atoms with Crippen molar-refractivity contribution in [2.24, 2.45) is 0 Å². The Balaban J connectivity index is 1.61. The summed E-state index contributed by atoms with van der Waals surface area (Å²) < 4.78 is 0. The van der Waals surface area contributed by atoms with Crippen molar-refractivity contribution in [1.29, 1.82) is 0 Å². The molecule has 3 aromatic rings. The highest BCUT2D eigenvalue weighted by Crippen LogP contribution is 2.23. The number of nitrogens with one attached hydrogen (secondary N) is 3. The largest absolute Gasteiger partial charge is 0.397 e. The standard InChI is InChI=1S/C21H23N5O/c1-24-19-11-10-16(12-18(19)23)25-13-14-6-8-15(9-7-14)21(27)26-20-5-3-2-4-17(20)22/h2-12,24-25H,13,22-23H2,1H3,(H,26,27). The second-order valence-corrected chi connectivity index (χ2v) is 6.14. The summed E-state index contributed by atoms with van der Waals surface area (Å²) in [4.78, 5) is 12.4. The highest BCUT2D eigenvalue weighted by Gasteiger charge is 2.08. The van der Waals surface area contributed by atoms with E-state index in [1.807, 2.05) is 49.5 Å². The van der Waals surface area contributed by atoms with E-state index in [4.69, 9.17) is 11.5 Å². The van der Waals surface area contributed by atoms with Gasteiger partial charge in [0.1, 0.15) is 0 Å². The van der Waals surface area contributed by atoms with Crippen molar-refractivity contribution in [2.45, 2.75) is 6.54 Å². The second-order valence-electron chi connectivity index (χ2n) is 6.14. The number of hydrogen-bond acceptors (Lipinski definition) is 5. The molecular weight excluding hydrogens is 338 g/mol. The molecule has 6 heteroatoms. The molecule has 7 N–H and O–H groups in total. The molecule has 0 aromatic heterocycles. The number of benzene rings is 3. The van der Waals surface area contributed by atoms with Gasteiger partial charge in [-0.15, -0.1) is 0 Å². The van der Waals surface area contributed by atoms with Gasteiger partial charge in [-0.25, -0.2) is 0 Å². The molecule has 0 unspecified atom stereocenters. The van der Waals surface area contributed by atoms with Gasteiger partial charge in [0, 0.05) is 24.8 Å². The maximum Gasteiger partial charge on any atom is 0.255 e. The molecule has 0 saturated heterocycles. The number of carbonyl (C=O) groups is 1. The number of hydrogen-bond donors (Lipinski definition) is 5. The van der Waals surface area contributed by atoms with E-state index < -0.39 is 0 Å². The number of carbonyl (C=O) groups excluding carboxylic acids is 1. The van der Waals surface area contributed by atoms with Gasteiger partial charge in [-0.05, 0) is 48.0 Å². The van der Waals surface area contributed by atoms with Crippen molar-refractivity contribution in [3.63, 3.8) is 0 Å². The molecule has 3 aromatic carbocycles. The molecule has 1 amide bonds. The Morgan fingerprint density at radius 3 is 2.30 bits per heavy atom. The van der Waals surface area contributed by atoms with Crippen LogP contribution in [0.25, 0.3) is 0 Å². The first-order valence-corrected chi connectivity index (χ1v) is 8.63. The van der Waals surface area contributed by atoms with Crippen LogP contribution in [-0.2, 0) is 6.54 Å². The van der Waals surface area contributed by atoms with Crippen molar-refractivity contribution in [3.8, 4) is 0 Å². The molecule has 0 bridgehead atoms. The van der Waals surface area contributed by atoms with Crippen LogP contribution in [0.1, 0.15) is 15.9 Å². The smallest absolute Gasteiger partial charge is 0.255 e. The van der Waals surface area contributed by atoms with Crippen LogP contribution in [0.4, 0.5) is 28.4 Å². The van der Waals surface area contributed by atoms with Gasteiger partial charge in [0.05, 0.1) is 22.7 Å². The van der Waals surface area contributed by atoms with Crippen LogP contribution in [0.3, 0.4) is 0 Å². The molecule has 0 aliphatic rings. The first kappa shape index (κ1) is 18.1. The van der Waals surface area contributed by atoms with Gasteiger partial charge in [0.15, 0.2) is 0 Å². The Morgan fingerprint density at radius 1 is 0.889 bits per heavy atom. The summed E-state index contributed by atoms with van der Waals surface area (Å²) in [6.07, 6.45) is 0. The number of amides is 1. The Morgan fingerprint density at radius 2 is 1.63 bits per heavy atom. The minimum atomic E-state index is -0.192. The zero-order chi connectivity index (χ0) is 19.2. The molecule has 0 atom stereocenters.